The van der Waals surface area contributed by atoms with Crippen LogP contribution in [0, 0.1) is 0 Å². The smallest absolute Gasteiger partial charge is 0.404 e. The second-order valence-corrected chi connectivity index (χ2v) is 2.25. The van der Waals surface area contributed by atoms with E-state index in [1.807, 2.05) is 0 Å². The topological polar surface area (TPSA) is 61.6 Å². The fourth-order valence-corrected chi connectivity index (χ4v) is 0.958. The van der Waals surface area contributed by atoms with Crippen LogP contribution in [0.25, 0.3) is 0 Å². The van der Waals surface area contributed by atoms with E-state index in [0.717, 1.165) is 12.8 Å². The van der Waals surface area contributed by atoms with Gasteiger partial charge in [-0.3, -0.25) is 0 Å². The van der Waals surface area contributed by atoms with E-state index in [9.17, 15) is 4.79 Å². The first-order valence-corrected chi connectivity index (χ1v) is 3.33. The third-order valence-electron chi connectivity index (χ3n) is 1.45. The number of rotatable bonds is 1. The maximum absolute atomic E-state index is 10.2. The Morgan fingerprint density at radius 2 is 2.10 bits per heavy atom. The van der Waals surface area contributed by atoms with Crippen molar-refractivity contribution >= 4 is 6.09 Å². The van der Waals surface area contributed by atoms with Crippen LogP contribution < -0.4 is 5.73 Å². The van der Waals surface area contributed by atoms with E-state index in [1.165, 1.54) is 0 Å². The quantitative estimate of drug-likeness (QED) is 0.575. The molecule has 0 aliphatic carbocycles. The van der Waals surface area contributed by atoms with Gasteiger partial charge in [0.15, 0.2) is 0 Å². The minimum absolute atomic E-state index is 0.0220. The van der Waals surface area contributed by atoms with Crippen molar-refractivity contribution < 1.29 is 14.3 Å². The van der Waals surface area contributed by atoms with Crippen LogP contribution in [0.2, 0.25) is 0 Å². The van der Waals surface area contributed by atoms with Crippen LogP contribution in [0.1, 0.15) is 12.8 Å². The summed E-state index contributed by atoms with van der Waals surface area (Å²) in [5.41, 5.74) is 4.82. The fraction of sp³-hybridized carbons (Fsp3) is 0.833. The Morgan fingerprint density at radius 1 is 1.50 bits per heavy atom. The molecule has 1 heterocycles. The Kier molecular flexibility index (Phi) is 2.50. The summed E-state index contributed by atoms with van der Waals surface area (Å²) < 4.78 is 9.80. The zero-order chi connectivity index (χ0) is 7.40. The van der Waals surface area contributed by atoms with Gasteiger partial charge in [-0.15, -0.1) is 0 Å². The highest BCUT2D eigenvalue weighted by molar-refractivity contribution is 5.64. The molecule has 4 nitrogen and oxygen atoms in total. The minimum Gasteiger partial charge on any atom is -0.446 e. The summed E-state index contributed by atoms with van der Waals surface area (Å²) in [5.74, 6) is 0. The molecule has 1 aliphatic rings. The molecule has 0 atom stereocenters. The van der Waals surface area contributed by atoms with Gasteiger partial charge in [-0.1, -0.05) is 0 Å². The third-order valence-corrected chi connectivity index (χ3v) is 1.45. The summed E-state index contributed by atoms with van der Waals surface area (Å²) in [6, 6.07) is 0. The van der Waals surface area contributed by atoms with Crippen LogP contribution in [0.5, 0.6) is 0 Å². The standard InChI is InChI=1S/C6H11NO3/c7-6(8)10-5-1-3-9-4-2-5/h5H,1-4H2,(H2,7,8). The summed E-state index contributed by atoms with van der Waals surface area (Å²) in [6.07, 6.45) is 0.824. The highest BCUT2D eigenvalue weighted by Gasteiger charge is 2.15. The van der Waals surface area contributed by atoms with E-state index >= 15 is 0 Å². The second kappa shape index (κ2) is 3.41. The molecule has 2 N–H and O–H groups in total. The number of hydrogen-bond acceptors (Lipinski definition) is 3. The monoisotopic (exact) mass is 145 g/mol. The lowest BCUT2D eigenvalue weighted by Gasteiger charge is -2.20. The molecule has 0 aromatic carbocycles. The molecule has 0 radical (unpaired) electrons. The molecule has 0 bridgehead atoms. The van der Waals surface area contributed by atoms with Crippen molar-refractivity contribution in [2.75, 3.05) is 13.2 Å². The van der Waals surface area contributed by atoms with E-state index in [2.05, 4.69) is 0 Å². The minimum atomic E-state index is -0.688. The van der Waals surface area contributed by atoms with Gasteiger partial charge in [-0.25, -0.2) is 4.79 Å². The van der Waals surface area contributed by atoms with Gasteiger partial charge in [0.1, 0.15) is 6.10 Å². The van der Waals surface area contributed by atoms with Crippen LogP contribution in [0.15, 0.2) is 0 Å². The molecule has 1 saturated heterocycles. The van der Waals surface area contributed by atoms with Gasteiger partial charge in [-0.2, -0.15) is 0 Å². The molecule has 0 spiro atoms. The molecule has 1 amide bonds. The Morgan fingerprint density at radius 3 is 2.60 bits per heavy atom. The Balaban J connectivity index is 2.19. The van der Waals surface area contributed by atoms with Crippen molar-refractivity contribution in [2.45, 2.75) is 18.9 Å². The van der Waals surface area contributed by atoms with Gasteiger partial charge in [-0.05, 0) is 0 Å². The molecular weight excluding hydrogens is 134 g/mol. The molecule has 0 aromatic heterocycles. The van der Waals surface area contributed by atoms with Crippen molar-refractivity contribution in [3.8, 4) is 0 Å². The largest absolute Gasteiger partial charge is 0.446 e. The fourth-order valence-electron chi connectivity index (χ4n) is 0.958. The van der Waals surface area contributed by atoms with Crippen molar-refractivity contribution in [2.24, 2.45) is 5.73 Å². The second-order valence-electron chi connectivity index (χ2n) is 2.25. The van der Waals surface area contributed by atoms with Crippen LogP contribution in [-0.2, 0) is 9.47 Å². The number of carbonyl (C=O) groups is 1. The van der Waals surface area contributed by atoms with Gasteiger partial charge < -0.3 is 15.2 Å². The predicted molar refractivity (Wildman–Crippen MR) is 34.5 cm³/mol. The van der Waals surface area contributed by atoms with Gasteiger partial charge in [0.2, 0.25) is 0 Å². The maximum Gasteiger partial charge on any atom is 0.404 e. The molecular formula is C6H11NO3. The molecule has 1 aliphatic heterocycles. The first-order chi connectivity index (χ1) is 4.79. The van der Waals surface area contributed by atoms with Gasteiger partial charge in [0.05, 0.1) is 13.2 Å². The summed E-state index contributed by atoms with van der Waals surface area (Å²) in [5, 5.41) is 0. The Bertz CT molecular complexity index is 120. The van der Waals surface area contributed by atoms with E-state index in [4.69, 9.17) is 15.2 Å². The lowest BCUT2D eigenvalue weighted by atomic mass is 10.2. The molecule has 58 valence electrons. The van der Waals surface area contributed by atoms with Crippen molar-refractivity contribution in [3.05, 3.63) is 0 Å². The molecule has 1 rings (SSSR count). The predicted octanol–water partition coefficient (Wildman–Crippen LogP) is 0.261. The van der Waals surface area contributed by atoms with Crippen LogP contribution >= 0.6 is 0 Å². The van der Waals surface area contributed by atoms with Gasteiger partial charge in [0.25, 0.3) is 0 Å². The van der Waals surface area contributed by atoms with Crippen LogP contribution in [0.4, 0.5) is 4.79 Å². The lowest BCUT2D eigenvalue weighted by molar-refractivity contribution is 0.00450. The summed E-state index contributed by atoms with van der Waals surface area (Å²) in [4.78, 5) is 10.2. The van der Waals surface area contributed by atoms with E-state index < -0.39 is 6.09 Å². The number of carbonyl (C=O) groups excluding carboxylic acids is 1. The van der Waals surface area contributed by atoms with E-state index in [0.29, 0.717) is 13.2 Å². The molecule has 1 fully saturated rings. The number of hydrogen-bond donors (Lipinski definition) is 1. The first kappa shape index (κ1) is 7.34. The summed E-state index contributed by atoms with van der Waals surface area (Å²) >= 11 is 0. The zero-order valence-electron chi connectivity index (χ0n) is 5.71. The van der Waals surface area contributed by atoms with Gasteiger partial charge >= 0.3 is 6.09 Å². The van der Waals surface area contributed by atoms with Crippen LogP contribution in [-0.4, -0.2) is 25.4 Å². The Labute approximate surface area is 59.3 Å². The number of amides is 1. The molecule has 0 saturated carbocycles. The van der Waals surface area contributed by atoms with E-state index in [-0.39, 0.29) is 6.10 Å². The van der Waals surface area contributed by atoms with E-state index in [1.54, 1.807) is 0 Å². The summed E-state index contributed by atoms with van der Waals surface area (Å²) in [7, 11) is 0. The third kappa shape index (κ3) is 2.23. The average Bonchev–Trinajstić information content (AvgIpc) is 1.88. The van der Waals surface area contributed by atoms with Crippen molar-refractivity contribution in [1.29, 1.82) is 0 Å². The highest BCUT2D eigenvalue weighted by Crippen LogP contribution is 2.09. The molecule has 0 aromatic rings. The Hall–Kier alpha value is -0.770. The van der Waals surface area contributed by atoms with Gasteiger partial charge in [0, 0.05) is 12.8 Å². The maximum atomic E-state index is 10.2. The average molecular weight is 145 g/mol. The zero-order valence-corrected chi connectivity index (χ0v) is 5.71. The lowest BCUT2D eigenvalue weighted by Crippen LogP contribution is -2.28. The molecule has 10 heavy (non-hydrogen) atoms. The number of primary amides is 1. The van der Waals surface area contributed by atoms with Crippen LogP contribution in [0.3, 0.4) is 0 Å². The molecule has 0 unspecified atom stereocenters. The number of nitrogens with two attached hydrogens (primary N) is 1. The summed E-state index contributed by atoms with van der Waals surface area (Å²) in [6.45, 7) is 1.33. The first-order valence-electron chi connectivity index (χ1n) is 3.33. The highest BCUT2D eigenvalue weighted by atomic mass is 16.6. The van der Waals surface area contributed by atoms with Crippen molar-refractivity contribution in [3.63, 3.8) is 0 Å². The SMILES string of the molecule is NC(=O)OC1CCOCC1. The number of ether oxygens (including phenoxy) is 2. The normalized spacial score (nSPS) is 20.4. The van der Waals surface area contributed by atoms with Crippen molar-refractivity contribution in [1.82, 2.24) is 0 Å². The molecule has 4 heteroatoms.